The van der Waals surface area contributed by atoms with Gasteiger partial charge in [-0.1, -0.05) is 0 Å². The lowest BCUT2D eigenvalue weighted by molar-refractivity contribution is -0.126. The summed E-state index contributed by atoms with van der Waals surface area (Å²) in [7, 11) is 1.58. The minimum atomic E-state index is -0.0984. The summed E-state index contributed by atoms with van der Waals surface area (Å²) in [5, 5.41) is 5.56. The normalized spacial score (nSPS) is 27.7. The van der Waals surface area contributed by atoms with Crippen LogP contribution in [0, 0.1) is 0 Å². The van der Waals surface area contributed by atoms with Crippen molar-refractivity contribution in [2.75, 3.05) is 13.8 Å². The standard InChI is InChI=1S/C5H10N2O2/c1-9-5-2-4(8)6-3-7-5/h5,7H,2-3H2,1H3,(H,6,8). The summed E-state index contributed by atoms with van der Waals surface area (Å²) in [6, 6.07) is 0. The summed E-state index contributed by atoms with van der Waals surface area (Å²) < 4.78 is 4.89. The zero-order valence-electron chi connectivity index (χ0n) is 5.31. The lowest BCUT2D eigenvalue weighted by Gasteiger charge is -2.21. The van der Waals surface area contributed by atoms with Gasteiger partial charge in [0.25, 0.3) is 0 Å². The summed E-state index contributed by atoms with van der Waals surface area (Å²) in [4.78, 5) is 10.6. The molecule has 2 N–H and O–H groups in total. The Hall–Kier alpha value is -0.610. The van der Waals surface area contributed by atoms with Crippen molar-refractivity contribution in [1.29, 1.82) is 0 Å². The molecule has 52 valence electrons. The van der Waals surface area contributed by atoms with Crippen LogP contribution in [-0.4, -0.2) is 25.9 Å². The molecular weight excluding hydrogens is 120 g/mol. The van der Waals surface area contributed by atoms with E-state index < -0.39 is 0 Å². The molecule has 0 aromatic rings. The number of rotatable bonds is 1. The molecule has 0 spiro atoms. The molecule has 9 heavy (non-hydrogen) atoms. The Bertz CT molecular complexity index is 116. The van der Waals surface area contributed by atoms with Gasteiger partial charge in [0.15, 0.2) is 0 Å². The molecule has 0 aromatic carbocycles. The summed E-state index contributed by atoms with van der Waals surface area (Å²) in [5.74, 6) is 0.0422. The predicted octanol–water partition coefficient (Wildman–Crippen LogP) is -0.974. The topological polar surface area (TPSA) is 50.4 Å². The SMILES string of the molecule is COC1CC(=O)NCN1. The number of carbonyl (C=O) groups is 1. The summed E-state index contributed by atoms with van der Waals surface area (Å²) in [5.41, 5.74) is 0. The van der Waals surface area contributed by atoms with Gasteiger partial charge >= 0.3 is 0 Å². The maximum atomic E-state index is 10.6. The third-order valence-corrected chi connectivity index (χ3v) is 1.27. The Kier molecular flexibility index (Phi) is 2.02. The van der Waals surface area contributed by atoms with Crippen molar-refractivity contribution in [3.8, 4) is 0 Å². The number of hydrogen-bond donors (Lipinski definition) is 2. The second-order valence-electron chi connectivity index (χ2n) is 1.91. The summed E-state index contributed by atoms with van der Waals surface area (Å²) in [6.45, 7) is 0.511. The molecule has 1 saturated heterocycles. The van der Waals surface area contributed by atoms with Gasteiger partial charge in [-0.25, -0.2) is 0 Å². The summed E-state index contributed by atoms with van der Waals surface area (Å²) in [6.07, 6.45) is 0.315. The molecule has 1 fully saturated rings. The quantitative estimate of drug-likeness (QED) is 0.480. The molecule has 0 aliphatic carbocycles. The average Bonchev–Trinajstić information content (AvgIpc) is 1.88. The van der Waals surface area contributed by atoms with Gasteiger partial charge in [-0.05, 0) is 0 Å². The zero-order chi connectivity index (χ0) is 6.69. The minimum absolute atomic E-state index is 0.0422. The highest BCUT2D eigenvalue weighted by Crippen LogP contribution is 1.94. The summed E-state index contributed by atoms with van der Waals surface area (Å²) >= 11 is 0. The first-order chi connectivity index (χ1) is 4.33. The fraction of sp³-hybridized carbons (Fsp3) is 0.800. The molecule has 0 saturated carbocycles. The maximum absolute atomic E-state index is 10.6. The minimum Gasteiger partial charge on any atom is -0.366 e. The molecule has 4 heteroatoms. The van der Waals surface area contributed by atoms with E-state index in [0.717, 1.165) is 0 Å². The van der Waals surface area contributed by atoms with Gasteiger partial charge in [0.2, 0.25) is 5.91 Å². The molecule has 1 unspecified atom stereocenters. The van der Waals surface area contributed by atoms with Crippen LogP contribution in [0.4, 0.5) is 0 Å². The van der Waals surface area contributed by atoms with Crippen molar-refractivity contribution in [2.45, 2.75) is 12.6 Å². The van der Waals surface area contributed by atoms with Crippen molar-refractivity contribution in [3.05, 3.63) is 0 Å². The molecule has 4 nitrogen and oxygen atoms in total. The lowest BCUT2D eigenvalue weighted by Crippen LogP contribution is -2.48. The molecule has 1 amide bonds. The monoisotopic (exact) mass is 130 g/mol. The second-order valence-corrected chi connectivity index (χ2v) is 1.91. The van der Waals surface area contributed by atoms with Gasteiger partial charge in [-0.15, -0.1) is 0 Å². The average molecular weight is 130 g/mol. The van der Waals surface area contributed by atoms with Crippen LogP contribution in [0.2, 0.25) is 0 Å². The second kappa shape index (κ2) is 2.80. The molecule has 1 rings (SSSR count). The van der Waals surface area contributed by atoms with E-state index in [1.54, 1.807) is 7.11 Å². The van der Waals surface area contributed by atoms with Gasteiger partial charge in [-0.3, -0.25) is 10.1 Å². The number of amides is 1. The maximum Gasteiger partial charge on any atom is 0.224 e. The van der Waals surface area contributed by atoms with Crippen molar-refractivity contribution >= 4 is 5.91 Å². The van der Waals surface area contributed by atoms with E-state index in [1.807, 2.05) is 0 Å². The number of ether oxygens (including phenoxy) is 1. The van der Waals surface area contributed by atoms with Crippen LogP contribution in [0.5, 0.6) is 0 Å². The molecule has 0 bridgehead atoms. The first-order valence-electron chi connectivity index (χ1n) is 2.86. The molecule has 1 atom stereocenters. The van der Waals surface area contributed by atoms with Crippen LogP contribution in [0.25, 0.3) is 0 Å². The van der Waals surface area contributed by atoms with Crippen molar-refractivity contribution < 1.29 is 9.53 Å². The first-order valence-corrected chi connectivity index (χ1v) is 2.86. The molecular formula is C5H10N2O2. The van der Waals surface area contributed by atoms with Gasteiger partial charge < -0.3 is 10.1 Å². The third-order valence-electron chi connectivity index (χ3n) is 1.27. The number of hydrogen-bond acceptors (Lipinski definition) is 3. The Morgan fingerprint density at radius 2 is 2.56 bits per heavy atom. The van der Waals surface area contributed by atoms with E-state index in [0.29, 0.717) is 13.1 Å². The van der Waals surface area contributed by atoms with E-state index in [-0.39, 0.29) is 12.1 Å². The van der Waals surface area contributed by atoms with Crippen LogP contribution < -0.4 is 10.6 Å². The fourth-order valence-electron chi connectivity index (χ4n) is 0.743. The molecule has 0 aromatic heterocycles. The Morgan fingerprint density at radius 3 is 3.00 bits per heavy atom. The fourth-order valence-corrected chi connectivity index (χ4v) is 0.743. The third kappa shape index (κ3) is 1.65. The highest BCUT2D eigenvalue weighted by atomic mass is 16.5. The van der Waals surface area contributed by atoms with Crippen LogP contribution in [0.3, 0.4) is 0 Å². The van der Waals surface area contributed by atoms with Crippen LogP contribution in [-0.2, 0) is 9.53 Å². The highest BCUT2D eigenvalue weighted by Gasteiger charge is 2.16. The van der Waals surface area contributed by atoms with E-state index >= 15 is 0 Å². The van der Waals surface area contributed by atoms with Crippen LogP contribution in [0.15, 0.2) is 0 Å². The van der Waals surface area contributed by atoms with Gasteiger partial charge in [-0.2, -0.15) is 0 Å². The van der Waals surface area contributed by atoms with E-state index in [1.165, 1.54) is 0 Å². The first kappa shape index (κ1) is 6.51. The predicted molar refractivity (Wildman–Crippen MR) is 31.6 cm³/mol. The van der Waals surface area contributed by atoms with Gasteiger partial charge in [0.1, 0.15) is 6.23 Å². The van der Waals surface area contributed by atoms with Crippen molar-refractivity contribution in [3.63, 3.8) is 0 Å². The molecule has 1 aliphatic rings. The Balaban J connectivity index is 2.32. The number of methoxy groups -OCH3 is 1. The van der Waals surface area contributed by atoms with E-state index in [2.05, 4.69) is 10.6 Å². The Labute approximate surface area is 53.6 Å². The number of carbonyl (C=O) groups excluding carboxylic acids is 1. The zero-order valence-corrected chi connectivity index (χ0v) is 5.31. The van der Waals surface area contributed by atoms with Crippen LogP contribution >= 0.6 is 0 Å². The van der Waals surface area contributed by atoms with Crippen molar-refractivity contribution in [1.82, 2.24) is 10.6 Å². The van der Waals surface area contributed by atoms with Gasteiger partial charge in [0, 0.05) is 7.11 Å². The Morgan fingerprint density at radius 1 is 1.78 bits per heavy atom. The smallest absolute Gasteiger partial charge is 0.224 e. The van der Waals surface area contributed by atoms with E-state index in [4.69, 9.17) is 4.74 Å². The highest BCUT2D eigenvalue weighted by molar-refractivity contribution is 5.76. The largest absolute Gasteiger partial charge is 0.366 e. The van der Waals surface area contributed by atoms with E-state index in [9.17, 15) is 4.79 Å². The van der Waals surface area contributed by atoms with Gasteiger partial charge in [0.05, 0.1) is 13.1 Å². The lowest BCUT2D eigenvalue weighted by atomic mass is 10.3. The molecule has 0 radical (unpaired) electrons. The number of nitrogens with one attached hydrogen (secondary N) is 2. The molecule has 1 heterocycles. The molecule has 1 aliphatic heterocycles. The van der Waals surface area contributed by atoms with Crippen molar-refractivity contribution in [2.24, 2.45) is 0 Å². The van der Waals surface area contributed by atoms with Crippen LogP contribution in [0.1, 0.15) is 6.42 Å².